The Morgan fingerprint density at radius 1 is 1.07 bits per heavy atom. The molecule has 0 aliphatic carbocycles. The van der Waals surface area contributed by atoms with Gasteiger partial charge in [-0.2, -0.15) is 0 Å². The van der Waals surface area contributed by atoms with Gasteiger partial charge in [0.05, 0.1) is 43.4 Å². The van der Waals surface area contributed by atoms with Crippen LogP contribution >= 0.6 is 23.4 Å². The number of hydrogen-bond acceptors (Lipinski definition) is 7. The van der Waals surface area contributed by atoms with Crippen molar-refractivity contribution in [2.24, 2.45) is 7.05 Å². The molecule has 0 aliphatic rings. The lowest BCUT2D eigenvalue weighted by Gasteiger charge is -2.13. The first-order chi connectivity index (χ1) is 14.5. The van der Waals surface area contributed by atoms with Crippen molar-refractivity contribution >= 4 is 35.0 Å². The number of nitrogens with zero attached hydrogens (tertiary/aromatic N) is 3. The van der Waals surface area contributed by atoms with E-state index in [4.69, 9.17) is 25.8 Å². The number of ether oxygens (including phenoxy) is 3. The lowest BCUT2D eigenvalue weighted by molar-refractivity contribution is -0.113. The Morgan fingerprint density at radius 3 is 2.47 bits per heavy atom. The topological polar surface area (TPSA) is 87.5 Å². The average molecular weight is 449 g/mol. The zero-order valence-corrected chi connectivity index (χ0v) is 18.5. The molecule has 0 aliphatic heterocycles. The molecule has 8 nitrogen and oxygen atoms in total. The summed E-state index contributed by atoms with van der Waals surface area (Å²) in [6.07, 6.45) is 0. The van der Waals surface area contributed by atoms with Crippen molar-refractivity contribution in [3.8, 4) is 28.6 Å². The van der Waals surface area contributed by atoms with Crippen molar-refractivity contribution in [1.29, 1.82) is 0 Å². The molecule has 3 rings (SSSR count). The third kappa shape index (κ3) is 4.63. The number of methoxy groups -OCH3 is 3. The molecule has 0 fully saturated rings. The normalized spacial score (nSPS) is 10.6. The minimum atomic E-state index is -0.232. The van der Waals surface area contributed by atoms with Crippen LogP contribution in [0.3, 0.4) is 0 Å². The lowest BCUT2D eigenvalue weighted by atomic mass is 10.2. The summed E-state index contributed by atoms with van der Waals surface area (Å²) in [5.74, 6) is 2.13. The third-order valence-electron chi connectivity index (χ3n) is 4.26. The van der Waals surface area contributed by atoms with Gasteiger partial charge < -0.3 is 24.1 Å². The van der Waals surface area contributed by atoms with Crippen LogP contribution in [0.4, 0.5) is 5.69 Å². The van der Waals surface area contributed by atoms with Gasteiger partial charge in [0.15, 0.2) is 11.0 Å². The van der Waals surface area contributed by atoms with Gasteiger partial charge in [-0.3, -0.25) is 4.79 Å². The molecule has 10 heteroatoms. The standard InChI is InChI=1S/C20H21ClN4O4S/c1-25-19(12-7-5-6-8-15(12)27-2)23-24-20(25)30-11-18(26)22-14-10-16(28-3)13(21)9-17(14)29-4/h5-10H,11H2,1-4H3,(H,22,26). The zero-order valence-electron chi connectivity index (χ0n) is 16.9. The fourth-order valence-corrected chi connectivity index (χ4v) is 3.72. The maximum Gasteiger partial charge on any atom is 0.234 e. The molecule has 0 saturated carbocycles. The minimum Gasteiger partial charge on any atom is -0.496 e. The highest BCUT2D eigenvalue weighted by Crippen LogP contribution is 2.36. The van der Waals surface area contributed by atoms with E-state index in [1.54, 1.807) is 19.2 Å². The number of hydrogen-bond donors (Lipinski definition) is 1. The molecule has 0 radical (unpaired) electrons. The number of halogens is 1. The van der Waals surface area contributed by atoms with Crippen LogP contribution in [0.5, 0.6) is 17.2 Å². The molecule has 3 aromatic rings. The van der Waals surface area contributed by atoms with E-state index in [0.717, 1.165) is 5.56 Å². The molecule has 0 bridgehead atoms. The summed E-state index contributed by atoms with van der Waals surface area (Å²) in [6, 6.07) is 10.8. The van der Waals surface area contributed by atoms with Crippen LogP contribution < -0.4 is 19.5 Å². The van der Waals surface area contributed by atoms with E-state index in [1.165, 1.54) is 26.0 Å². The van der Waals surface area contributed by atoms with E-state index in [-0.39, 0.29) is 11.7 Å². The Bertz CT molecular complexity index is 1060. The van der Waals surface area contributed by atoms with E-state index in [9.17, 15) is 4.79 Å². The molecule has 1 N–H and O–H groups in total. The molecule has 30 heavy (non-hydrogen) atoms. The first-order valence-electron chi connectivity index (χ1n) is 8.85. The third-order valence-corrected chi connectivity index (χ3v) is 5.58. The number of carbonyl (C=O) groups is 1. The maximum absolute atomic E-state index is 12.5. The number of benzene rings is 2. The predicted molar refractivity (Wildman–Crippen MR) is 117 cm³/mol. The first-order valence-corrected chi connectivity index (χ1v) is 10.2. The molecule has 0 unspecified atom stereocenters. The molecule has 158 valence electrons. The number of aromatic nitrogens is 3. The summed E-state index contributed by atoms with van der Waals surface area (Å²) in [6.45, 7) is 0. The van der Waals surface area contributed by atoms with Crippen molar-refractivity contribution in [1.82, 2.24) is 14.8 Å². The second-order valence-electron chi connectivity index (χ2n) is 6.09. The van der Waals surface area contributed by atoms with Crippen LogP contribution in [0.15, 0.2) is 41.6 Å². The van der Waals surface area contributed by atoms with Gasteiger partial charge in [-0.15, -0.1) is 10.2 Å². The molecule has 0 spiro atoms. The maximum atomic E-state index is 12.5. The Morgan fingerprint density at radius 2 is 1.77 bits per heavy atom. The quantitative estimate of drug-likeness (QED) is 0.523. The van der Waals surface area contributed by atoms with Crippen molar-refractivity contribution in [2.75, 3.05) is 32.4 Å². The number of anilines is 1. The summed E-state index contributed by atoms with van der Waals surface area (Å²) >= 11 is 7.37. The second-order valence-corrected chi connectivity index (χ2v) is 7.44. The fraction of sp³-hybridized carbons (Fsp3) is 0.250. The molecule has 1 heterocycles. The second kappa shape index (κ2) is 9.73. The van der Waals surface area contributed by atoms with E-state index < -0.39 is 0 Å². The molecule has 1 aromatic heterocycles. The van der Waals surface area contributed by atoms with Gasteiger partial charge in [0.1, 0.15) is 17.2 Å². The highest BCUT2D eigenvalue weighted by atomic mass is 35.5. The van der Waals surface area contributed by atoms with E-state index in [1.807, 2.05) is 35.9 Å². The molecule has 0 atom stereocenters. The first kappa shape index (κ1) is 21.8. The number of carbonyl (C=O) groups excluding carboxylic acids is 1. The van der Waals surface area contributed by atoms with Crippen molar-refractivity contribution in [3.05, 3.63) is 41.4 Å². The minimum absolute atomic E-state index is 0.131. The Labute approximate surface area is 183 Å². The smallest absolute Gasteiger partial charge is 0.234 e. The van der Waals surface area contributed by atoms with Gasteiger partial charge in [0.2, 0.25) is 5.91 Å². The summed E-state index contributed by atoms with van der Waals surface area (Å²) in [5.41, 5.74) is 1.29. The summed E-state index contributed by atoms with van der Waals surface area (Å²) in [4.78, 5) is 12.5. The van der Waals surface area contributed by atoms with Gasteiger partial charge >= 0.3 is 0 Å². The van der Waals surface area contributed by atoms with E-state index >= 15 is 0 Å². The van der Waals surface area contributed by atoms with E-state index in [2.05, 4.69) is 15.5 Å². The van der Waals surface area contributed by atoms with Crippen LogP contribution in [-0.2, 0) is 11.8 Å². The van der Waals surface area contributed by atoms with Gasteiger partial charge in [0, 0.05) is 19.2 Å². The number of amides is 1. The Balaban J connectivity index is 1.71. The van der Waals surface area contributed by atoms with Crippen LogP contribution in [0.2, 0.25) is 5.02 Å². The Hall–Kier alpha value is -2.91. The van der Waals surface area contributed by atoms with Gasteiger partial charge in [-0.05, 0) is 12.1 Å². The Kier molecular flexibility index (Phi) is 7.07. The van der Waals surface area contributed by atoms with Gasteiger partial charge in [0.25, 0.3) is 0 Å². The number of para-hydroxylation sites is 1. The van der Waals surface area contributed by atoms with Crippen molar-refractivity contribution in [2.45, 2.75) is 5.16 Å². The number of thioether (sulfide) groups is 1. The average Bonchev–Trinajstić information content (AvgIpc) is 3.13. The van der Waals surface area contributed by atoms with Crippen LogP contribution in [0.25, 0.3) is 11.4 Å². The largest absolute Gasteiger partial charge is 0.496 e. The molecular weight excluding hydrogens is 428 g/mol. The van der Waals surface area contributed by atoms with Gasteiger partial charge in [-0.25, -0.2) is 0 Å². The molecular formula is C20H21ClN4O4S. The van der Waals surface area contributed by atoms with E-state index in [0.29, 0.717) is 38.9 Å². The van der Waals surface area contributed by atoms with Gasteiger partial charge in [-0.1, -0.05) is 35.5 Å². The summed E-state index contributed by atoms with van der Waals surface area (Å²) in [5, 5.41) is 12.2. The highest BCUT2D eigenvalue weighted by molar-refractivity contribution is 7.99. The molecule has 1 amide bonds. The SMILES string of the molecule is COc1cc(NC(=O)CSc2nnc(-c3ccccc3OC)n2C)c(OC)cc1Cl. The summed E-state index contributed by atoms with van der Waals surface area (Å²) in [7, 11) is 6.45. The van der Waals surface area contributed by atoms with Crippen LogP contribution in [0.1, 0.15) is 0 Å². The fourth-order valence-electron chi connectivity index (χ4n) is 2.78. The molecule has 2 aromatic carbocycles. The van der Waals surface area contributed by atoms with Crippen LogP contribution in [-0.4, -0.2) is 47.8 Å². The lowest BCUT2D eigenvalue weighted by Crippen LogP contribution is -2.15. The van der Waals surface area contributed by atoms with Crippen LogP contribution in [0, 0.1) is 0 Å². The summed E-state index contributed by atoms with van der Waals surface area (Å²) < 4.78 is 17.7. The molecule has 0 saturated heterocycles. The van der Waals surface area contributed by atoms with Crippen molar-refractivity contribution < 1.29 is 19.0 Å². The predicted octanol–water partition coefficient (Wildman–Crippen LogP) is 3.89. The zero-order chi connectivity index (χ0) is 21.7. The monoisotopic (exact) mass is 448 g/mol. The van der Waals surface area contributed by atoms with Crippen molar-refractivity contribution in [3.63, 3.8) is 0 Å². The number of rotatable bonds is 8. The number of nitrogens with one attached hydrogen (secondary N) is 1. The highest BCUT2D eigenvalue weighted by Gasteiger charge is 2.17.